The molecular weight excluding hydrogens is 236 g/mol. The minimum Gasteiger partial charge on any atom is -0.383 e. The van der Waals surface area contributed by atoms with E-state index in [4.69, 9.17) is 5.73 Å². The molecule has 2 atom stereocenters. The molecule has 1 aromatic rings. The topological polar surface area (TPSA) is 64.2 Å². The molecule has 94 valence electrons. The van der Waals surface area contributed by atoms with E-state index >= 15 is 0 Å². The quantitative estimate of drug-likeness (QED) is 0.811. The van der Waals surface area contributed by atoms with Crippen LogP contribution in [-0.2, 0) is 7.05 Å². The van der Waals surface area contributed by atoms with Crippen molar-refractivity contribution in [3.05, 3.63) is 11.8 Å². The van der Waals surface area contributed by atoms with Crippen molar-refractivity contribution in [2.75, 3.05) is 18.0 Å². The Kier molecular flexibility index (Phi) is 3.33. The Bertz CT molecular complexity index is 431. The van der Waals surface area contributed by atoms with Gasteiger partial charge in [0.15, 0.2) is 0 Å². The maximum absolute atomic E-state index is 12.4. The third-order valence-corrected chi connectivity index (χ3v) is 4.70. The molecule has 1 aliphatic rings. The Morgan fingerprint density at radius 2 is 2.29 bits per heavy atom. The van der Waals surface area contributed by atoms with E-state index < -0.39 is 0 Å². The predicted octanol–water partition coefficient (Wildman–Crippen LogP) is 0.968. The van der Waals surface area contributed by atoms with Crippen molar-refractivity contribution in [3.63, 3.8) is 0 Å². The van der Waals surface area contributed by atoms with Crippen molar-refractivity contribution < 1.29 is 4.79 Å². The van der Waals surface area contributed by atoms with Gasteiger partial charge in [-0.05, 0) is 6.92 Å². The lowest BCUT2D eigenvalue weighted by atomic mass is 10.1. The molecule has 1 saturated heterocycles. The van der Waals surface area contributed by atoms with Crippen LogP contribution in [0.2, 0.25) is 0 Å². The van der Waals surface area contributed by atoms with E-state index in [2.05, 4.69) is 18.9 Å². The van der Waals surface area contributed by atoms with Crippen LogP contribution in [0.3, 0.4) is 0 Å². The second-order valence-electron chi connectivity index (χ2n) is 4.38. The maximum Gasteiger partial charge on any atom is 0.259 e. The highest BCUT2D eigenvalue weighted by Crippen LogP contribution is 2.26. The minimum absolute atomic E-state index is 0.00440. The number of nitrogens with zero attached hydrogens (tertiary/aromatic N) is 3. The molecule has 17 heavy (non-hydrogen) atoms. The van der Waals surface area contributed by atoms with Crippen molar-refractivity contribution in [2.45, 2.75) is 25.1 Å². The van der Waals surface area contributed by atoms with Crippen molar-refractivity contribution in [2.24, 2.45) is 7.05 Å². The molecule has 2 rings (SSSR count). The molecule has 6 heteroatoms. The fraction of sp³-hybridized carbons (Fsp3) is 0.636. The summed E-state index contributed by atoms with van der Waals surface area (Å²) in [5.74, 6) is 1.42. The molecule has 2 N–H and O–H groups in total. The number of amides is 1. The van der Waals surface area contributed by atoms with E-state index in [1.807, 2.05) is 16.7 Å². The smallest absolute Gasteiger partial charge is 0.259 e. The van der Waals surface area contributed by atoms with E-state index in [1.165, 1.54) is 4.68 Å². The molecule has 2 heterocycles. The summed E-state index contributed by atoms with van der Waals surface area (Å²) in [6.45, 7) is 5.02. The van der Waals surface area contributed by atoms with E-state index in [1.54, 1.807) is 13.2 Å². The lowest BCUT2D eigenvalue weighted by molar-refractivity contribution is 0.0699. The largest absolute Gasteiger partial charge is 0.383 e. The third kappa shape index (κ3) is 2.13. The summed E-state index contributed by atoms with van der Waals surface area (Å²) in [5, 5.41) is 4.48. The third-order valence-electron chi connectivity index (χ3n) is 3.36. The molecule has 1 fully saturated rings. The SMILES string of the molecule is CC1SCCN(C(=O)c2cnn(C)c2N)C1C. The molecule has 5 nitrogen and oxygen atoms in total. The molecule has 0 saturated carbocycles. The van der Waals surface area contributed by atoms with Crippen molar-refractivity contribution in [1.29, 1.82) is 0 Å². The van der Waals surface area contributed by atoms with Crippen LogP contribution in [-0.4, -0.2) is 44.2 Å². The lowest BCUT2D eigenvalue weighted by Gasteiger charge is -2.37. The number of rotatable bonds is 1. The molecule has 1 amide bonds. The van der Waals surface area contributed by atoms with Gasteiger partial charge < -0.3 is 10.6 Å². The first-order chi connectivity index (χ1) is 8.02. The summed E-state index contributed by atoms with van der Waals surface area (Å²) in [7, 11) is 1.74. The van der Waals surface area contributed by atoms with E-state index in [0.717, 1.165) is 12.3 Å². The number of aromatic nitrogens is 2. The number of thioether (sulfide) groups is 1. The number of aryl methyl sites for hydroxylation is 1. The van der Waals surface area contributed by atoms with Gasteiger partial charge in [-0.15, -0.1) is 0 Å². The van der Waals surface area contributed by atoms with Gasteiger partial charge in [0, 0.05) is 30.6 Å². The number of carbonyl (C=O) groups excluding carboxylic acids is 1. The van der Waals surface area contributed by atoms with Crippen molar-refractivity contribution >= 4 is 23.5 Å². The molecular formula is C11H18N4OS. The number of nitrogens with two attached hydrogens (primary N) is 1. The Hall–Kier alpha value is -1.17. The van der Waals surface area contributed by atoms with Crippen LogP contribution >= 0.6 is 11.8 Å². The number of anilines is 1. The number of hydrogen-bond donors (Lipinski definition) is 1. The van der Waals surface area contributed by atoms with Crippen LogP contribution < -0.4 is 5.73 Å². The first kappa shape index (κ1) is 12.3. The highest BCUT2D eigenvalue weighted by Gasteiger charge is 2.31. The molecule has 0 aromatic carbocycles. The van der Waals surface area contributed by atoms with Gasteiger partial charge in [0.1, 0.15) is 11.4 Å². The van der Waals surface area contributed by atoms with Crippen LogP contribution in [0, 0.1) is 0 Å². The Balaban J connectivity index is 2.22. The summed E-state index contributed by atoms with van der Waals surface area (Å²) in [6, 6.07) is 0.237. The Morgan fingerprint density at radius 3 is 2.88 bits per heavy atom. The number of carbonyl (C=O) groups is 1. The zero-order chi connectivity index (χ0) is 12.6. The summed E-state index contributed by atoms with van der Waals surface area (Å²) in [5.41, 5.74) is 6.35. The van der Waals surface area contributed by atoms with Crippen molar-refractivity contribution in [3.8, 4) is 0 Å². The van der Waals surface area contributed by atoms with Gasteiger partial charge in [0.2, 0.25) is 0 Å². The first-order valence-electron chi connectivity index (χ1n) is 5.72. The minimum atomic E-state index is -0.00440. The Morgan fingerprint density at radius 1 is 1.59 bits per heavy atom. The van der Waals surface area contributed by atoms with Gasteiger partial charge in [-0.3, -0.25) is 9.48 Å². The van der Waals surface area contributed by atoms with Gasteiger partial charge in [-0.25, -0.2) is 0 Å². The molecule has 0 spiro atoms. The first-order valence-corrected chi connectivity index (χ1v) is 6.77. The average molecular weight is 254 g/mol. The van der Waals surface area contributed by atoms with E-state index in [0.29, 0.717) is 16.6 Å². The fourth-order valence-corrected chi connectivity index (χ4v) is 3.09. The molecule has 0 bridgehead atoms. The van der Waals surface area contributed by atoms with Gasteiger partial charge in [-0.1, -0.05) is 6.92 Å². The molecule has 0 aliphatic carbocycles. The van der Waals surface area contributed by atoms with Gasteiger partial charge in [-0.2, -0.15) is 16.9 Å². The zero-order valence-corrected chi connectivity index (χ0v) is 11.2. The number of nitrogen functional groups attached to an aromatic ring is 1. The Labute approximate surface area is 105 Å². The molecule has 1 aromatic heterocycles. The summed E-state index contributed by atoms with van der Waals surface area (Å²) >= 11 is 1.91. The van der Waals surface area contributed by atoms with Crippen LogP contribution in [0.1, 0.15) is 24.2 Å². The van der Waals surface area contributed by atoms with E-state index in [9.17, 15) is 4.79 Å². The van der Waals surface area contributed by atoms with Gasteiger partial charge in [0.05, 0.1) is 6.20 Å². The second-order valence-corrected chi connectivity index (χ2v) is 5.87. The standard InChI is InChI=1S/C11H18N4OS/c1-7-8(2)17-5-4-15(7)11(16)9-6-13-14(3)10(9)12/h6-8H,4-5,12H2,1-3H3. The van der Waals surface area contributed by atoms with Gasteiger partial charge >= 0.3 is 0 Å². The summed E-state index contributed by atoms with van der Waals surface area (Å²) < 4.78 is 1.53. The molecule has 1 aliphatic heterocycles. The normalized spacial score (nSPS) is 25.0. The van der Waals surface area contributed by atoms with Crippen molar-refractivity contribution in [1.82, 2.24) is 14.7 Å². The van der Waals surface area contributed by atoms with Crippen LogP contribution in [0.4, 0.5) is 5.82 Å². The van der Waals surface area contributed by atoms with Crippen LogP contribution in [0.5, 0.6) is 0 Å². The number of hydrogen-bond acceptors (Lipinski definition) is 4. The lowest BCUT2D eigenvalue weighted by Crippen LogP contribution is -2.48. The van der Waals surface area contributed by atoms with Crippen LogP contribution in [0.25, 0.3) is 0 Å². The maximum atomic E-state index is 12.4. The highest BCUT2D eigenvalue weighted by atomic mass is 32.2. The predicted molar refractivity (Wildman–Crippen MR) is 70.0 cm³/mol. The fourth-order valence-electron chi connectivity index (χ4n) is 1.99. The monoisotopic (exact) mass is 254 g/mol. The summed E-state index contributed by atoms with van der Waals surface area (Å²) in [4.78, 5) is 14.3. The molecule has 0 radical (unpaired) electrons. The summed E-state index contributed by atoms with van der Waals surface area (Å²) in [6.07, 6.45) is 1.55. The highest BCUT2D eigenvalue weighted by molar-refractivity contribution is 8.00. The van der Waals surface area contributed by atoms with Gasteiger partial charge in [0.25, 0.3) is 5.91 Å². The second kappa shape index (κ2) is 4.60. The average Bonchev–Trinajstić information content (AvgIpc) is 2.63. The molecule has 2 unspecified atom stereocenters. The van der Waals surface area contributed by atoms with Crippen LogP contribution in [0.15, 0.2) is 6.20 Å². The van der Waals surface area contributed by atoms with E-state index in [-0.39, 0.29) is 11.9 Å². The zero-order valence-electron chi connectivity index (χ0n) is 10.4.